The van der Waals surface area contributed by atoms with Crippen LogP contribution in [0.25, 0.3) is 0 Å². The van der Waals surface area contributed by atoms with Gasteiger partial charge in [-0.25, -0.2) is 9.59 Å². The van der Waals surface area contributed by atoms with E-state index in [1.165, 1.54) is 48.5 Å². The molecule has 38 heavy (non-hydrogen) atoms. The monoisotopic (exact) mass is 515 g/mol. The number of nitro groups is 2. The second-order valence-corrected chi connectivity index (χ2v) is 8.33. The van der Waals surface area contributed by atoms with Crippen molar-refractivity contribution in [3.8, 4) is 11.5 Å². The highest BCUT2D eigenvalue weighted by Crippen LogP contribution is 2.39. The van der Waals surface area contributed by atoms with Crippen molar-refractivity contribution in [3.63, 3.8) is 0 Å². The van der Waals surface area contributed by atoms with Crippen molar-refractivity contribution < 1.29 is 28.9 Å². The van der Waals surface area contributed by atoms with E-state index < -0.39 is 27.7 Å². The molecule has 0 radical (unpaired) electrons. The smallest absolute Gasteiger partial charge is 0.342 e. The molecule has 0 unspecified atom stereocenters. The lowest BCUT2D eigenvalue weighted by molar-refractivity contribution is -0.385. The van der Waals surface area contributed by atoms with Gasteiger partial charge in [-0.15, -0.1) is 0 Å². The third kappa shape index (κ3) is 5.41. The van der Waals surface area contributed by atoms with Gasteiger partial charge in [0.25, 0.3) is 11.4 Å². The molecule has 1 aliphatic heterocycles. The summed E-state index contributed by atoms with van der Waals surface area (Å²) in [4.78, 5) is 47.6. The average molecular weight is 515 g/mol. The molecule has 0 atom stereocenters. The first-order valence-electron chi connectivity index (χ1n) is 11.3. The number of carbonyl (C=O) groups excluding carboxylic acids is 2. The number of hydrogen-bond acceptors (Lipinski definition) is 9. The number of carbonyl (C=O) groups is 2. The molecule has 192 valence electrons. The molecule has 1 aliphatic rings. The van der Waals surface area contributed by atoms with Gasteiger partial charge in [-0.3, -0.25) is 20.2 Å². The fourth-order valence-electron chi connectivity index (χ4n) is 4.11. The zero-order valence-corrected chi connectivity index (χ0v) is 20.2. The van der Waals surface area contributed by atoms with Crippen LogP contribution in [0.3, 0.4) is 0 Å². The van der Waals surface area contributed by atoms with Gasteiger partial charge < -0.3 is 14.8 Å². The molecule has 0 spiro atoms. The molecule has 0 aromatic heterocycles. The molecule has 1 heterocycles. The van der Waals surface area contributed by atoms with Crippen LogP contribution in [0.15, 0.2) is 101 Å². The fraction of sp³-hybridized carbons (Fsp3) is 0.111. The second kappa shape index (κ2) is 10.7. The number of nitrogens with one attached hydrogen (secondary N) is 1. The first kappa shape index (κ1) is 25.8. The van der Waals surface area contributed by atoms with E-state index in [1.807, 2.05) is 0 Å². The summed E-state index contributed by atoms with van der Waals surface area (Å²) >= 11 is 0. The van der Waals surface area contributed by atoms with Crippen LogP contribution in [0.2, 0.25) is 0 Å². The number of rotatable bonds is 7. The predicted molar refractivity (Wildman–Crippen MR) is 135 cm³/mol. The van der Waals surface area contributed by atoms with E-state index in [-0.39, 0.29) is 34.0 Å². The van der Waals surface area contributed by atoms with E-state index in [1.54, 1.807) is 44.2 Å². The van der Waals surface area contributed by atoms with Crippen LogP contribution in [0.1, 0.15) is 25.3 Å². The number of non-ortho nitro benzene ring substituents is 2. The maximum absolute atomic E-state index is 13.4. The Balaban J connectivity index is 1.68. The van der Waals surface area contributed by atoms with Gasteiger partial charge in [0.05, 0.1) is 26.9 Å². The molecular formula is C27H21N3O8. The summed E-state index contributed by atoms with van der Waals surface area (Å²) in [6.07, 6.45) is 0. The Morgan fingerprint density at radius 1 is 0.684 bits per heavy atom. The third-order valence-corrected chi connectivity index (χ3v) is 5.85. The molecule has 11 nitrogen and oxygen atoms in total. The summed E-state index contributed by atoms with van der Waals surface area (Å²) in [5.41, 5.74) is 1.52. The average Bonchev–Trinajstić information content (AvgIpc) is 2.89. The van der Waals surface area contributed by atoms with Crippen LogP contribution in [-0.4, -0.2) is 21.8 Å². The first-order valence-corrected chi connectivity index (χ1v) is 11.3. The Hall–Kier alpha value is -5.32. The molecule has 0 saturated heterocycles. The van der Waals surface area contributed by atoms with Gasteiger partial charge in [0.15, 0.2) is 0 Å². The van der Waals surface area contributed by atoms with Gasteiger partial charge in [0.2, 0.25) is 0 Å². The van der Waals surface area contributed by atoms with Crippen molar-refractivity contribution in [2.75, 3.05) is 0 Å². The summed E-state index contributed by atoms with van der Waals surface area (Å²) in [7, 11) is 0. The summed E-state index contributed by atoms with van der Waals surface area (Å²) in [6.45, 7) is 3.34. The standard InChI is InChI=1S/C27H21N3O8/c1-16-23(26(31)37-21-12-8-19(9-13-21)29(33)34)25(18-6-4-3-5-7-18)24(17(2)28-16)27(32)38-22-14-10-20(11-15-22)30(35)36/h3-15,25,28H,1-2H3. The number of nitrogens with zero attached hydrogens (tertiary/aromatic N) is 2. The molecule has 3 aromatic carbocycles. The van der Waals surface area contributed by atoms with Gasteiger partial charge in [-0.2, -0.15) is 0 Å². The molecule has 0 saturated carbocycles. The Labute approximate surface area is 216 Å². The topological polar surface area (TPSA) is 151 Å². The number of allylic oxidation sites excluding steroid dienone is 2. The number of nitro benzene ring substituents is 2. The zero-order chi connectivity index (χ0) is 27.4. The minimum absolute atomic E-state index is 0.0917. The Morgan fingerprint density at radius 2 is 1.08 bits per heavy atom. The summed E-state index contributed by atoms with van der Waals surface area (Å²) in [5.74, 6) is -2.20. The maximum Gasteiger partial charge on any atom is 0.342 e. The lowest BCUT2D eigenvalue weighted by atomic mass is 9.80. The highest BCUT2D eigenvalue weighted by molar-refractivity contribution is 6.01. The molecule has 4 rings (SSSR count). The minimum atomic E-state index is -0.867. The van der Waals surface area contributed by atoms with Crippen molar-refractivity contribution >= 4 is 23.3 Å². The van der Waals surface area contributed by atoms with Gasteiger partial charge >= 0.3 is 11.9 Å². The Morgan fingerprint density at radius 3 is 1.45 bits per heavy atom. The molecule has 0 fully saturated rings. The van der Waals surface area contributed by atoms with E-state index in [9.17, 15) is 29.8 Å². The van der Waals surface area contributed by atoms with Crippen LogP contribution in [0.5, 0.6) is 11.5 Å². The highest BCUT2D eigenvalue weighted by Gasteiger charge is 2.38. The third-order valence-electron chi connectivity index (χ3n) is 5.85. The van der Waals surface area contributed by atoms with E-state index in [2.05, 4.69) is 5.32 Å². The van der Waals surface area contributed by atoms with Gasteiger partial charge in [0, 0.05) is 35.7 Å². The zero-order valence-electron chi connectivity index (χ0n) is 20.2. The Kier molecular flexibility index (Phi) is 7.28. The maximum atomic E-state index is 13.4. The van der Waals surface area contributed by atoms with Crippen LogP contribution in [-0.2, 0) is 9.59 Å². The predicted octanol–water partition coefficient (Wildman–Crippen LogP) is 4.95. The SMILES string of the molecule is CC1=C(C(=O)Oc2ccc([N+](=O)[O-])cc2)C(c2ccccc2)C(C(=O)Oc2ccc([N+](=O)[O-])cc2)=C(C)N1. The van der Waals surface area contributed by atoms with Gasteiger partial charge in [-0.05, 0) is 43.7 Å². The Bertz CT molecular complexity index is 1380. The molecule has 0 aliphatic carbocycles. The first-order chi connectivity index (χ1) is 18.2. The molecule has 0 bridgehead atoms. The van der Waals surface area contributed by atoms with Gasteiger partial charge in [-0.1, -0.05) is 30.3 Å². The van der Waals surface area contributed by atoms with Crippen molar-refractivity contribution in [2.24, 2.45) is 0 Å². The number of hydrogen-bond donors (Lipinski definition) is 1. The summed E-state index contributed by atoms with van der Waals surface area (Å²) in [5, 5.41) is 24.9. The normalized spacial score (nSPS) is 13.5. The highest BCUT2D eigenvalue weighted by atomic mass is 16.6. The fourth-order valence-corrected chi connectivity index (χ4v) is 4.11. The largest absolute Gasteiger partial charge is 0.423 e. The lowest BCUT2D eigenvalue weighted by Gasteiger charge is -2.30. The van der Waals surface area contributed by atoms with E-state index in [4.69, 9.17) is 9.47 Å². The number of benzene rings is 3. The van der Waals surface area contributed by atoms with Gasteiger partial charge in [0.1, 0.15) is 11.5 Å². The van der Waals surface area contributed by atoms with Crippen LogP contribution in [0, 0.1) is 20.2 Å². The van der Waals surface area contributed by atoms with Crippen molar-refractivity contribution in [2.45, 2.75) is 19.8 Å². The number of dihydropyridines is 1. The summed E-state index contributed by atoms with van der Waals surface area (Å²) in [6, 6.07) is 18.9. The minimum Gasteiger partial charge on any atom is -0.423 e. The molecule has 11 heteroatoms. The summed E-state index contributed by atoms with van der Waals surface area (Å²) < 4.78 is 11.1. The van der Waals surface area contributed by atoms with Crippen LogP contribution >= 0.6 is 0 Å². The second-order valence-electron chi connectivity index (χ2n) is 8.33. The molecule has 0 amide bonds. The number of esters is 2. The molecule has 1 N–H and O–H groups in total. The van der Waals surface area contributed by atoms with E-state index >= 15 is 0 Å². The van der Waals surface area contributed by atoms with Crippen molar-refractivity contribution in [3.05, 3.63) is 127 Å². The lowest BCUT2D eigenvalue weighted by Crippen LogP contribution is -2.34. The van der Waals surface area contributed by atoms with Crippen molar-refractivity contribution in [1.82, 2.24) is 5.32 Å². The van der Waals surface area contributed by atoms with E-state index in [0.717, 1.165) is 0 Å². The van der Waals surface area contributed by atoms with Crippen molar-refractivity contribution in [1.29, 1.82) is 0 Å². The van der Waals surface area contributed by atoms with Crippen LogP contribution < -0.4 is 14.8 Å². The number of ether oxygens (including phenoxy) is 2. The quantitative estimate of drug-likeness (QED) is 0.199. The molecule has 3 aromatic rings. The van der Waals surface area contributed by atoms with Crippen LogP contribution in [0.4, 0.5) is 11.4 Å². The molecular weight excluding hydrogens is 494 g/mol. The van der Waals surface area contributed by atoms with E-state index in [0.29, 0.717) is 17.0 Å².